The standard InChI is InChI=1S/C26H34ClN3O5/c1-35-18-21(16-25(34)29-12-10-26(8-9-26)22(31)17-29)30-14-13-28(11-7-24(30)33)23(32)6-5-19-3-2-4-20(27)15-19/h2-6,15,21-22,31H,7-14,16-18H2,1H3/t21-,22?/m0/s1. The summed E-state index contributed by atoms with van der Waals surface area (Å²) in [4.78, 5) is 43.8. The minimum Gasteiger partial charge on any atom is -0.391 e. The van der Waals surface area contributed by atoms with Gasteiger partial charge in [-0.3, -0.25) is 14.4 Å². The normalized spacial score (nSPS) is 23.0. The van der Waals surface area contributed by atoms with E-state index in [1.165, 1.54) is 6.08 Å². The predicted molar refractivity (Wildman–Crippen MR) is 133 cm³/mol. The lowest BCUT2D eigenvalue weighted by Crippen LogP contribution is -2.51. The van der Waals surface area contributed by atoms with Crippen LogP contribution in [0.4, 0.5) is 0 Å². The first kappa shape index (κ1) is 25.7. The van der Waals surface area contributed by atoms with E-state index in [0.717, 1.165) is 24.8 Å². The Morgan fingerprint density at radius 3 is 2.69 bits per heavy atom. The first-order valence-corrected chi connectivity index (χ1v) is 12.7. The monoisotopic (exact) mass is 503 g/mol. The van der Waals surface area contributed by atoms with Gasteiger partial charge in [0.2, 0.25) is 17.7 Å². The summed E-state index contributed by atoms with van der Waals surface area (Å²) in [5.41, 5.74) is 0.855. The zero-order valence-electron chi connectivity index (χ0n) is 20.2. The summed E-state index contributed by atoms with van der Waals surface area (Å²) in [6, 6.07) is 6.82. The van der Waals surface area contributed by atoms with Crippen molar-refractivity contribution in [3.63, 3.8) is 0 Å². The number of hydrogen-bond donors (Lipinski definition) is 1. The number of amides is 3. The Kier molecular flexibility index (Phi) is 8.14. The van der Waals surface area contributed by atoms with Crippen LogP contribution in [0.5, 0.6) is 0 Å². The van der Waals surface area contributed by atoms with Gasteiger partial charge in [0, 0.05) is 63.8 Å². The topological polar surface area (TPSA) is 90.4 Å². The number of methoxy groups -OCH3 is 1. The van der Waals surface area contributed by atoms with Gasteiger partial charge < -0.3 is 24.5 Å². The third-order valence-electron chi connectivity index (χ3n) is 7.54. The Balaban J connectivity index is 1.35. The minimum atomic E-state index is -0.472. The van der Waals surface area contributed by atoms with Crippen molar-refractivity contribution >= 4 is 35.4 Å². The summed E-state index contributed by atoms with van der Waals surface area (Å²) in [6.45, 7) is 2.27. The lowest BCUT2D eigenvalue weighted by Gasteiger charge is -2.38. The van der Waals surface area contributed by atoms with Crippen LogP contribution in [0.15, 0.2) is 30.3 Å². The van der Waals surface area contributed by atoms with Crippen LogP contribution in [0.1, 0.15) is 37.7 Å². The second-order valence-electron chi connectivity index (χ2n) is 9.83. The maximum atomic E-state index is 13.1. The molecule has 1 aliphatic carbocycles. The zero-order chi connectivity index (χ0) is 25.0. The van der Waals surface area contributed by atoms with Gasteiger partial charge in [-0.2, -0.15) is 0 Å². The van der Waals surface area contributed by atoms with Crippen LogP contribution in [0.25, 0.3) is 6.08 Å². The van der Waals surface area contributed by atoms with Crippen molar-refractivity contribution in [3.8, 4) is 0 Å². The SMILES string of the molecule is COC[C@H](CC(=O)N1CCC2(CC2)C(O)C1)N1CCN(C(=O)C=Cc2cccc(Cl)c2)CCC1=O. The summed E-state index contributed by atoms with van der Waals surface area (Å²) >= 11 is 6.00. The van der Waals surface area contributed by atoms with Crippen LogP contribution in [0, 0.1) is 5.41 Å². The number of carbonyl (C=O) groups excluding carboxylic acids is 3. The molecule has 0 aromatic heterocycles. The van der Waals surface area contributed by atoms with Crippen LogP contribution in [-0.2, 0) is 19.1 Å². The number of hydrogen-bond acceptors (Lipinski definition) is 5. The molecule has 8 nitrogen and oxygen atoms in total. The highest BCUT2D eigenvalue weighted by Crippen LogP contribution is 2.53. The summed E-state index contributed by atoms with van der Waals surface area (Å²) in [5, 5.41) is 11.1. The van der Waals surface area contributed by atoms with Gasteiger partial charge >= 0.3 is 0 Å². The maximum Gasteiger partial charge on any atom is 0.246 e. The van der Waals surface area contributed by atoms with E-state index in [9.17, 15) is 19.5 Å². The zero-order valence-corrected chi connectivity index (χ0v) is 21.0. The molecule has 1 unspecified atom stereocenters. The molecule has 0 radical (unpaired) electrons. The highest BCUT2D eigenvalue weighted by molar-refractivity contribution is 6.30. The molecule has 2 atom stereocenters. The number of β-amino-alcohol motifs (C(OH)–C–C–N with tert-alkyl or cyclic N) is 1. The van der Waals surface area contributed by atoms with E-state index in [4.69, 9.17) is 16.3 Å². The van der Waals surface area contributed by atoms with E-state index in [1.807, 2.05) is 12.1 Å². The molecular formula is C26H34ClN3O5. The highest BCUT2D eigenvalue weighted by Gasteiger charge is 2.51. The largest absolute Gasteiger partial charge is 0.391 e. The van der Waals surface area contributed by atoms with E-state index < -0.39 is 12.1 Å². The van der Waals surface area contributed by atoms with Gasteiger partial charge in [0.15, 0.2) is 0 Å². The molecule has 3 aliphatic rings. The molecule has 190 valence electrons. The molecule has 1 N–H and O–H groups in total. The summed E-state index contributed by atoms with van der Waals surface area (Å²) in [6.07, 6.45) is 5.97. The van der Waals surface area contributed by atoms with Gasteiger partial charge in [0.05, 0.1) is 18.8 Å². The molecule has 2 aliphatic heterocycles. The van der Waals surface area contributed by atoms with E-state index in [2.05, 4.69) is 0 Å². The first-order valence-electron chi connectivity index (χ1n) is 12.3. The average Bonchev–Trinajstić information content (AvgIpc) is 3.64. The number of aliphatic hydroxyl groups is 1. The number of halogens is 1. The van der Waals surface area contributed by atoms with E-state index in [0.29, 0.717) is 37.7 Å². The highest BCUT2D eigenvalue weighted by atomic mass is 35.5. The summed E-state index contributed by atoms with van der Waals surface area (Å²) < 4.78 is 5.35. The lowest BCUT2D eigenvalue weighted by molar-refractivity contribution is -0.141. The Labute approximate surface area is 211 Å². The number of likely N-dealkylation sites (tertiary alicyclic amines) is 1. The molecule has 1 saturated carbocycles. The van der Waals surface area contributed by atoms with Crippen molar-refractivity contribution in [2.24, 2.45) is 5.41 Å². The van der Waals surface area contributed by atoms with E-state index in [-0.39, 0.29) is 42.6 Å². The van der Waals surface area contributed by atoms with Crippen molar-refractivity contribution in [3.05, 3.63) is 40.9 Å². The molecule has 1 aromatic rings. The number of aliphatic hydroxyl groups excluding tert-OH is 1. The van der Waals surface area contributed by atoms with Crippen LogP contribution in [0.2, 0.25) is 5.02 Å². The number of rotatable bonds is 7. The quantitative estimate of drug-likeness (QED) is 0.576. The number of benzene rings is 1. The fraction of sp³-hybridized carbons (Fsp3) is 0.577. The predicted octanol–water partition coefficient (Wildman–Crippen LogP) is 2.19. The molecule has 4 rings (SSSR count). The average molecular weight is 504 g/mol. The van der Waals surface area contributed by atoms with Gasteiger partial charge in [-0.1, -0.05) is 23.7 Å². The second-order valence-corrected chi connectivity index (χ2v) is 10.3. The van der Waals surface area contributed by atoms with Crippen LogP contribution < -0.4 is 0 Å². The van der Waals surface area contributed by atoms with Gasteiger partial charge in [-0.05, 0) is 48.4 Å². The van der Waals surface area contributed by atoms with Crippen LogP contribution in [-0.4, -0.2) is 96.1 Å². The fourth-order valence-electron chi connectivity index (χ4n) is 5.10. The van der Waals surface area contributed by atoms with Crippen molar-refractivity contribution < 1.29 is 24.2 Å². The maximum absolute atomic E-state index is 13.1. The third kappa shape index (κ3) is 6.23. The Morgan fingerprint density at radius 1 is 1.20 bits per heavy atom. The van der Waals surface area contributed by atoms with Gasteiger partial charge in [0.25, 0.3) is 0 Å². The van der Waals surface area contributed by atoms with E-state index >= 15 is 0 Å². The lowest BCUT2D eigenvalue weighted by atomic mass is 9.90. The number of piperidine rings is 1. The van der Waals surface area contributed by atoms with Gasteiger partial charge in [-0.25, -0.2) is 0 Å². The van der Waals surface area contributed by atoms with Crippen molar-refractivity contribution in [2.45, 2.75) is 44.2 Å². The molecule has 3 fully saturated rings. The van der Waals surface area contributed by atoms with E-state index in [1.54, 1.807) is 40.0 Å². The Morgan fingerprint density at radius 2 is 2.00 bits per heavy atom. The molecule has 0 bridgehead atoms. The first-order chi connectivity index (χ1) is 16.8. The number of nitrogens with zero attached hydrogens (tertiary/aromatic N) is 3. The van der Waals surface area contributed by atoms with Crippen molar-refractivity contribution in [1.82, 2.24) is 14.7 Å². The molecule has 2 heterocycles. The molecule has 3 amide bonds. The minimum absolute atomic E-state index is 0.0285. The second kappa shape index (κ2) is 11.1. The van der Waals surface area contributed by atoms with Crippen molar-refractivity contribution in [1.29, 1.82) is 0 Å². The van der Waals surface area contributed by atoms with Crippen LogP contribution in [0.3, 0.4) is 0 Å². The number of ether oxygens (including phenoxy) is 1. The molecule has 1 spiro atoms. The Hall–Kier alpha value is -2.42. The molecule has 1 aromatic carbocycles. The molecular weight excluding hydrogens is 470 g/mol. The molecule has 35 heavy (non-hydrogen) atoms. The van der Waals surface area contributed by atoms with Crippen LogP contribution >= 0.6 is 11.6 Å². The van der Waals surface area contributed by atoms with Gasteiger partial charge in [0.1, 0.15) is 0 Å². The van der Waals surface area contributed by atoms with Gasteiger partial charge in [-0.15, -0.1) is 0 Å². The number of carbonyl (C=O) groups is 3. The smallest absolute Gasteiger partial charge is 0.246 e. The van der Waals surface area contributed by atoms with Crippen molar-refractivity contribution in [2.75, 3.05) is 46.4 Å². The summed E-state index contributed by atoms with van der Waals surface area (Å²) in [5.74, 6) is -0.337. The fourth-order valence-corrected chi connectivity index (χ4v) is 5.30. The molecule has 9 heteroatoms. The molecule has 2 saturated heterocycles. The third-order valence-corrected chi connectivity index (χ3v) is 7.78. The Bertz CT molecular complexity index is 979. The summed E-state index contributed by atoms with van der Waals surface area (Å²) in [7, 11) is 1.55.